The molecule has 2 amide bonds. The quantitative estimate of drug-likeness (QED) is 0.890. The second-order valence-electron chi connectivity index (χ2n) is 6.73. The van der Waals surface area contributed by atoms with Crippen molar-refractivity contribution in [2.24, 2.45) is 0 Å². The van der Waals surface area contributed by atoms with E-state index in [0.717, 1.165) is 11.4 Å². The summed E-state index contributed by atoms with van der Waals surface area (Å²) >= 11 is 0. The smallest absolute Gasteiger partial charge is 0.252 e. The fourth-order valence-corrected chi connectivity index (χ4v) is 2.97. The molecule has 132 valence electrons. The largest absolute Gasteiger partial charge is 0.346 e. The summed E-state index contributed by atoms with van der Waals surface area (Å²) in [7, 11) is 0. The molecule has 1 fully saturated rings. The maximum atomic E-state index is 12.4. The van der Waals surface area contributed by atoms with Crippen LogP contribution < -0.4 is 5.32 Å². The van der Waals surface area contributed by atoms with Crippen molar-refractivity contribution in [2.75, 3.05) is 13.1 Å². The summed E-state index contributed by atoms with van der Waals surface area (Å²) in [6.07, 6.45) is 6.83. The van der Waals surface area contributed by atoms with Crippen LogP contribution in [0.25, 0.3) is 0 Å². The average molecular weight is 341 g/mol. The third kappa shape index (κ3) is 3.70. The van der Waals surface area contributed by atoms with E-state index in [0.29, 0.717) is 18.7 Å². The molecule has 0 atom stereocenters. The minimum absolute atomic E-state index is 0.00336. The van der Waals surface area contributed by atoms with Crippen LogP contribution in [0.5, 0.6) is 0 Å². The van der Waals surface area contributed by atoms with Crippen molar-refractivity contribution >= 4 is 11.8 Å². The number of carbonyl (C=O) groups excluding carboxylic acids is 2. The SMILES string of the molecule is Cc1cnccc1C(=O)NC1CN(C(=O)Cn2ccnc2C(C)C)C1. The number of rotatable bonds is 5. The number of hydrogen-bond donors (Lipinski definition) is 1. The highest BCUT2D eigenvalue weighted by molar-refractivity contribution is 5.95. The Bertz CT molecular complexity index is 777. The molecule has 0 aliphatic carbocycles. The van der Waals surface area contributed by atoms with Gasteiger partial charge in [-0.2, -0.15) is 0 Å². The lowest BCUT2D eigenvalue weighted by atomic mass is 10.1. The van der Waals surface area contributed by atoms with Crippen molar-refractivity contribution in [3.8, 4) is 0 Å². The van der Waals surface area contributed by atoms with Gasteiger partial charge in [0.25, 0.3) is 5.91 Å². The number of carbonyl (C=O) groups is 2. The predicted molar refractivity (Wildman–Crippen MR) is 93.1 cm³/mol. The third-order valence-electron chi connectivity index (χ3n) is 4.40. The molecule has 1 saturated heterocycles. The van der Waals surface area contributed by atoms with Gasteiger partial charge in [0.05, 0.1) is 6.04 Å². The van der Waals surface area contributed by atoms with Gasteiger partial charge in [-0.05, 0) is 18.6 Å². The molecule has 3 rings (SSSR count). The van der Waals surface area contributed by atoms with Crippen LogP contribution in [0.15, 0.2) is 30.9 Å². The van der Waals surface area contributed by atoms with Gasteiger partial charge >= 0.3 is 0 Å². The van der Waals surface area contributed by atoms with Gasteiger partial charge in [-0.15, -0.1) is 0 Å². The molecule has 3 heterocycles. The molecule has 2 aromatic heterocycles. The van der Waals surface area contributed by atoms with Gasteiger partial charge in [0.15, 0.2) is 0 Å². The van der Waals surface area contributed by atoms with E-state index in [1.807, 2.05) is 17.7 Å². The highest BCUT2D eigenvalue weighted by atomic mass is 16.2. The van der Waals surface area contributed by atoms with E-state index < -0.39 is 0 Å². The van der Waals surface area contributed by atoms with Gasteiger partial charge in [-0.25, -0.2) is 4.98 Å². The number of likely N-dealkylation sites (tertiary alicyclic amines) is 1. The lowest BCUT2D eigenvalue weighted by Crippen LogP contribution is -2.61. The highest BCUT2D eigenvalue weighted by Gasteiger charge is 2.32. The van der Waals surface area contributed by atoms with E-state index in [9.17, 15) is 9.59 Å². The molecule has 1 aliphatic rings. The van der Waals surface area contributed by atoms with Crippen LogP contribution >= 0.6 is 0 Å². The minimum Gasteiger partial charge on any atom is -0.346 e. The summed E-state index contributed by atoms with van der Waals surface area (Å²) in [5, 5.41) is 2.97. The normalized spacial score (nSPS) is 14.5. The zero-order valence-electron chi connectivity index (χ0n) is 14.8. The van der Waals surface area contributed by atoms with Crippen LogP contribution in [0, 0.1) is 6.92 Å². The van der Waals surface area contributed by atoms with Crippen LogP contribution in [0.1, 0.15) is 41.5 Å². The number of amides is 2. The molecular formula is C18H23N5O2. The van der Waals surface area contributed by atoms with E-state index in [2.05, 4.69) is 29.1 Å². The number of imidazole rings is 1. The van der Waals surface area contributed by atoms with E-state index in [1.54, 1.807) is 29.6 Å². The van der Waals surface area contributed by atoms with Gasteiger partial charge in [-0.1, -0.05) is 13.8 Å². The Hall–Kier alpha value is -2.70. The minimum atomic E-state index is -0.117. The van der Waals surface area contributed by atoms with Gasteiger partial charge in [0.1, 0.15) is 12.4 Å². The number of nitrogens with one attached hydrogen (secondary N) is 1. The molecule has 0 radical (unpaired) electrons. The van der Waals surface area contributed by atoms with Crippen LogP contribution in [-0.4, -0.2) is 50.4 Å². The first-order valence-corrected chi connectivity index (χ1v) is 8.46. The van der Waals surface area contributed by atoms with Crippen molar-refractivity contribution in [1.82, 2.24) is 24.8 Å². The van der Waals surface area contributed by atoms with E-state index in [1.165, 1.54) is 0 Å². The van der Waals surface area contributed by atoms with Crippen LogP contribution in [0.3, 0.4) is 0 Å². The van der Waals surface area contributed by atoms with E-state index in [-0.39, 0.29) is 30.3 Å². The van der Waals surface area contributed by atoms with E-state index >= 15 is 0 Å². The van der Waals surface area contributed by atoms with Crippen LogP contribution in [0.4, 0.5) is 0 Å². The molecule has 1 aliphatic heterocycles. The molecule has 0 saturated carbocycles. The molecule has 2 aromatic rings. The summed E-state index contributed by atoms with van der Waals surface area (Å²) in [6.45, 7) is 7.34. The number of aromatic nitrogens is 3. The zero-order valence-corrected chi connectivity index (χ0v) is 14.8. The summed E-state index contributed by atoms with van der Waals surface area (Å²) in [4.78, 5) is 34.7. The first kappa shape index (κ1) is 17.1. The van der Waals surface area contributed by atoms with Crippen LogP contribution in [0.2, 0.25) is 0 Å². The van der Waals surface area contributed by atoms with Crippen LogP contribution in [-0.2, 0) is 11.3 Å². The van der Waals surface area contributed by atoms with Crippen molar-refractivity contribution < 1.29 is 9.59 Å². The van der Waals surface area contributed by atoms with Gasteiger partial charge in [0.2, 0.25) is 5.91 Å². The molecule has 7 nitrogen and oxygen atoms in total. The molecule has 0 spiro atoms. The van der Waals surface area contributed by atoms with Crippen molar-refractivity contribution in [3.05, 3.63) is 47.8 Å². The fraction of sp³-hybridized carbons (Fsp3) is 0.444. The Morgan fingerprint density at radius 3 is 2.76 bits per heavy atom. The van der Waals surface area contributed by atoms with Crippen molar-refractivity contribution in [2.45, 2.75) is 39.3 Å². The molecular weight excluding hydrogens is 318 g/mol. The Morgan fingerprint density at radius 1 is 1.32 bits per heavy atom. The monoisotopic (exact) mass is 341 g/mol. The number of pyridine rings is 1. The highest BCUT2D eigenvalue weighted by Crippen LogP contribution is 2.15. The maximum absolute atomic E-state index is 12.4. The Balaban J connectivity index is 1.51. The lowest BCUT2D eigenvalue weighted by Gasteiger charge is -2.39. The summed E-state index contributed by atoms with van der Waals surface area (Å²) in [5.74, 6) is 1.11. The summed E-state index contributed by atoms with van der Waals surface area (Å²) in [6, 6.07) is 1.70. The van der Waals surface area contributed by atoms with E-state index in [4.69, 9.17) is 0 Å². The first-order valence-electron chi connectivity index (χ1n) is 8.46. The summed E-state index contributed by atoms with van der Waals surface area (Å²) in [5.41, 5.74) is 1.47. The topological polar surface area (TPSA) is 80.1 Å². The average Bonchev–Trinajstić information content (AvgIpc) is 2.98. The van der Waals surface area contributed by atoms with Gasteiger partial charge in [0, 0.05) is 49.4 Å². The molecule has 0 unspecified atom stereocenters. The molecule has 0 bridgehead atoms. The Labute approximate surface area is 147 Å². The molecule has 7 heteroatoms. The lowest BCUT2D eigenvalue weighted by molar-refractivity contribution is -0.136. The first-order chi connectivity index (χ1) is 12.0. The summed E-state index contributed by atoms with van der Waals surface area (Å²) < 4.78 is 1.89. The second-order valence-corrected chi connectivity index (χ2v) is 6.73. The van der Waals surface area contributed by atoms with Crippen molar-refractivity contribution in [1.29, 1.82) is 0 Å². The molecule has 1 N–H and O–H groups in total. The predicted octanol–water partition coefficient (Wildman–Crippen LogP) is 1.35. The molecule has 25 heavy (non-hydrogen) atoms. The third-order valence-corrected chi connectivity index (χ3v) is 4.40. The zero-order chi connectivity index (χ0) is 18.0. The van der Waals surface area contributed by atoms with Crippen molar-refractivity contribution in [3.63, 3.8) is 0 Å². The van der Waals surface area contributed by atoms with Gasteiger partial charge in [-0.3, -0.25) is 14.6 Å². The standard InChI is InChI=1S/C18H23N5O2/c1-12(2)17-20-6-7-22(17)11-16(24)23-9-14(10-23)21-18(25)15-4-5-19-8-13(15)3/h4-8,12,14H,9-11H2,1-3H3,(H,21,25). The number of nitrogens with zero attached hydrogens (tertiary/aromatic N) is 4. The Morgan fingerprint density at radius 2 is 2.08 bits per heavy atom. The Kier molecular flexibility index (Phi) is 4.83. The number of hydrogen-bond acceptors (Lipinski definition) is 4. The number of aryl methyl sites for hydroxylation is 1. The van der Waals surface area contributed by atoms with Gasteiger partial charge < -0.3 is 14.8 Å². The second kappa shape index (κ2) is 7.04. The maximum Gasteiger partial charge on any atom is 0.252 e. The molecule has 0 aromatic carbocycles. The fourth-order valence-electron chi connectivity index (χ4n) is 2.97.